The second-order valence-electron chi connectivity index (χ2n) is 9.97. The molecule has 0 radical (unpaired) electrons. The quantitative estimate of drug-likeness (QED) is 0.491. The molecule has 3 aliphatic rings. The number of benzene rings is 2. The number of carbonyl (C=O) groups excluding carboxylic acids is 4. The van der Waals surface area contributed by atoms with Gasteiger partial charge in [-0.1, -0.05) is 30.5 Å². The van der Waals surface area contributed by atoms with Gasteiger partial charge in [0.15, 0.2) is 0 Å². The summed E-state index contributed by atoms with van der Waals surface area (Å²) < 4.78 is 32.8. The number of hydrogen-bond donors (Lipinski definition) is 3. The van der Waals surface area contributed by atoms with Crippen LogP contribution < -0.4 is 16.4 Å². The van der Waals surface area contributed by atoms with E-state index in [2.05, 4.69) is 10.6 Å². The Bertz CT molecular complexity index is 1320. The monoisotopic (exact) mass is 546 g/mol. The van der Waals surface area contributed by atoms with Crippen molar-refractivity contribution in [3.8, 4) is 0 Å². The van der Waals surface area contributed by atoms with Crippen LogP contribution in [0.3, 0.4) is 0 Å². The van der Waals surface area contributed by atoms with Crippen LogP contribution in [0, 0.1) is 17.6 Å². The predicted octanol–water partition coefficient (Wildman–Crippen LogP) is 2.99. The SMILES string of the molecule is NC(=O)[C@@H]1C[C@@]2(CN1C(=O)[C@H](CC1CC1)NC(=O)OCc1c(F)cccc1F)C(=O)Nc1ccc(Cl)cc12. The van der Waals surface area contributed by atoms with E-state index in [1.54, 1.807) is 18.2 Å². The standard InChI is InChI=1S/C26H25ClF2N4O5/c27-14-6-7-19-16(9-14)26(24(36)31-19)10-21(22(30)34)33(12-26)23(35)20(8-13-4-5-13)32-25(37)38-11-15-17(28)2-1-3-18(15)29/h1-3,6-7,9,13,20-21H,4-5,8,10-12H2,(H2,30,34)(H,31,36)(H,32,37)/t20-,21-,26-/m0/s1. The minimum Gasteiger partial charge on any atom is -0.444 e. The summed E-state index contributed by atoms with van der Waals surface area (Å²) in [5, 5.41) is 5.65. The summed E-state index contributed by atoms with van der Waals surface area (Å²) in [6.45, 7) is -0.819. The van der Waals surface area contributed by atoms with Crippen LogP contribution in [0.15, 0.2) is 36.4 Å². The average molecular weight is 547 g/mol. The highest BCUT2D eigenvalue weighted by Gasteiger charge is 2.58. The molecule has 2 fully saturated rings. The Kier molecular flexibility index (Phi) is 6.72. The number of alkyl carbamates (subject to hydrolysis) is 1. The van der Waals surface area contributed by atoms with Gasteiger partial charge in [-0.3, -0.25) is 14.4 Å². The van der Waals surface area contributed by atoms with E-state index < -0.39 is 59.2 Å². The predicted molar refractivity (Wildman–Crippen MR) is 132 cm³/mol. The molecule has 1 saturated carbocycles. The lowest BCUT2D eigenvalue weighted by Gasteiger charge is -2.28. The first-order valence-electron chi connectivity index (χ1n) is 12.2. The van der Waals surface area contributed by atoms with E-state index in [1.165, 1.54) is 11.0 Å². The molecule has 5 rings (SSSR count). The van der Waals surface area contributed by atoms with Crippen molar-refractivity contribution in [3.05, 3.63) is 64.2 Å². The van der Waals surface area contributed by atoms with Gasteiger partial charge in [0.1, 0.15) is 30.3 Å². The molecule has 2 aliphatic heterocycles. The van der Waals surface area contributed by atoms with Crippen LogP contribution in [-0.4, -0.2) is 47.3 Å². The highest BCUT2D eigenvalue weighted by atomic mass is 35.5. The molecule has 200 valence electrons. The third-order valence-electron chi connectivity index (χ3n) is 7.42. The van der Waals surface area contributed by atoms with Gasteiger partial charge in [-0.15, -0.1) is 0 Å². The van der Waals surface area contributed by atoms with E-state index in [1.807, 2.05) is 0 Å². The number of nitrogens with two attached hydrogens (primary N) is 1. The van der Waals surface area contributed by atoms with Crippen molar-refractivity contribution >= 4 is 41.1 Å². The van der Waals surface area contributed by atoms with Crippen molar-refractivity contribution in [2.24, 2.45) is 11.7 Å². The number of primary amides is 1. The summed E-state index contributed by atoms with van der Waals surface area (Å²) in [6.07, 6.45) is 0.898. The highest BCUT2D eigenvalue weighted by molar-refractivity contribution is 6.31. The van der Waals surface area contributed by atoms with Crippen molar-refractivity contribution in [1.29, 1.82) is 0 Å². The van der Waals surface area contributed by atoms with Crippen molar-refractivity contribution < 1.29 is 32.7 Å². The fourth-order valence-corrected chi connectivity index (χ4v) is 5.41. The summed E-state index contributed by atoms with van der Waals surface area (Å²) in [5.74, 6) is -3.34. The maximum absolute atomic E-state index is 13.9. The van der Waals surface area contributed by atoms with Crippen LogP contribution in [0.1, 0.15) is 36.8 Å². The molecule has 2 aromatic rings. The Morgan fingerprint density at radius 1 is 1.21 bits per heavy atom. The van der Waals surface area contributed by atoms with Crippen LogP contribution in [-0.2, 0) is 31.1 Å². The topological polar surface area (TPSA) is 131 Å². The number of nitrogens with one attached hydrogen (secondary N) is 2. The van der Waals surface area contributed by atoms with Crippen molar-refractivity contribution in [2.45, 2.75) is 49.8 Å². The normalized spacial score (nSPS) is 22.7. The maximum atomic E-state index is 13.9. The molecular formula is C26H25ClF2N4O5. The fraction of sp³-hybridized carbons (Fsp3) is 0.385. The van der Waals surface area contributed by atoms with Gasteiger partial charge in [-0.25, -0.2) is 13.6 Å². The number of halogens is 3. The summed E-state index contributed by atoms with van der Waals surface area (Å²) in [6, 6.07) is 5.96. The van der Waals surface area contributed by atoms with Crippen LogP contribution in [0.5, 0.6) is 0 Å². The molecule has 2 aromatic carbocycles. The highest BCUT2D eigenvalue weighted by Crippen LogP contribution is 2.47. The van der Waals surface area contributed by atoms with Gasteiger partial charge in [0, 0.05) is 17.3 Å². The molecule has 1 spiro atoms. The number of nitrogens with zero attached hydrogens (tertiary/aromatic N) is 1. The van der Waals surface area contributed by atoms with Gasteiger partial charge in [0.05, 0.1) is 11.0 Å². The molecule has 4 N–H and O–H groups in total. The average Bonchev–Trinajstić information content (AvgIpc) is 3.52. The zero-order chi connectivity index (χ0) is 27.2. The van der Waals surface area contributed by atoms with Crippen molar-refractivity contribution in [3.63, 3.8) is 0 Å². The molecule has 1 aliphatic carbocycles. The third-order valence-corrected chi connectivity index (χ3v) is 7.65. The summed E-state index contributed by atoms with van der Waals surface area (Å²) in [7, 11) is 0. The molecule has 9 nitrogen and oxygen atoms in total. The number of anilines is 1. The summed E-state index contributed by atoms with van der Waals surface area (Å²) in [4.78, 5) is 53.1. The number of rotatable bonds is 7. The molecule has 0 aromatic heterocycles. The number of fused-ring (bicyclic) bond motifs is 2. The lowest BCUT2D eigenvalue weighted by atomic mass is 9.79. The van der Waals surface area contributed by atoms with Crippen LogP contribution >= 0.6 is 11.6 Å². The lowest BCUT2D eigenvalue weighted by molar-refractivity contribution is -0.139. The van der Waals surface area contributed by atoms with Gasteiger partial charge in [-0.05, 0) is 54.7 Å². The maximum Gasteiger partial charge on any atom is 0.408 e. The summed E-state index contributed by atoms with van der Waals surface area (Å²) >= 11 is 6.18. The smallest absolute Gasteiger partial charge is 0.408 e. The first kappa shape index (κ1) is 25.9. The van der Waals surface area contributed by atoms with Gasteiger partial charge in [0.2, 0.25) is 17.7 Å². The number of carbonyl (C=O) groups is 4. The number of amides is 4. The second kappa shape index (κ2) is 9.86. The molecule has 2 heterocycles. The van der Waals surface area contributed by atoms with E-state index in [4.69, 9.17) is 22.1 Å². The van der Waals surface area contributed by atoms with E-state index in [-0.39, 0.29) is 31.2 Å². The van der Waals surface area contributed by atoms with Crippen LogP contribution in [0.4, 0.5) is 19.3 Å². The lowest BCUT2D eigenvalue weighted by Crippen LogP contribution is -2.53. The molecule has 0 bridgehead atoms. The number of likely N-dealkylation sites (tertiary alicyclic amines) is 1. The Labute approximate surface area is 221 Å². The van der Waals surface area contributed by atoms with Gasteiger partial charge >= 0.3 is 6.09 Å². The zero-order valence-electron chi connectivity index (χ0n) is 20.1. The minimum absolute atomic E-state index is 0.0413. The fourth-order valence-electron chi connectivity index (χ4n) is 5.24. The van der Waals surface area contributed by atoms with E-state index in [0.29, 0.717) is 16.3 Å². The van der Waals surface area contributed by atoms with Gasteiger partial charge in [-0.2, -0.15) is 0 Å². The number of hydrogen-bond acceptors (Lipinski definition) is 5. The minimum atomic E-state index is -1.23. The Morgan fingerprint density at radius 2 is 1.92 bits per heavy atom. The second-order valence-corrected chi connectivity index (χ2v) is 10.4. The molecule has 0 unspecified atom stereocenters. The van der Waals surface area contributed by atoms with E-state index in [0.717, 1.165) is 25.0 Å². The van der Waals surface area contributed by atoms with E-state index >= 15 is 0 Å². The van der Waals surface area contributed by atoms with Gasteiger partial charge < -0.3 is 26.0 Å². The number of ether oxygens (including phenoxy) is 1. The molecule has 4 amide bonds. The zero-order valence-corrected chi connectivity index (χ0v) is 20.9. The first-order chi connectivity index (χ1) is 18.1. The Balaban J connectivity index is 1.36. The Morgan fingerprint density at radius 3 is 2.58 bits per heavy atom. The Hall–Kier alpha value is -3.73. The summed E-state index contributed by atoms with van der Waals surface area (Å²) in [5.41, 5.74) is 5.10. The third kappa shape index (κ3) is 4.78. The molecular weight excluding hydrogens is 522 g/mol. The van der Waals surface area contributed by atoms with Gasteiger partial charge in [0.25, 0.3) is 0 Å². The first-order valence-corrected chi connectivity index (χ1v) is 12.5. The largest absolute Gasteiger partial charge is 0.444 e. The van der Waals surface area contributed by atoms with Crippen LogP contribution in [0.25, 0.3) is 0 Å². The molecule has 12 heteroatoms. The van der Waals surface area contributed by atoms with Crippen molar-refractivity contribution in [1.82, 2.24) is 10.2 Å². The van der Waals surface area contributed by atoms with Crippen LogP contribution in [0.2, 0.25) is 5.02 Å². The molecule has 38 heavy (non-hydrogen) atoms. The van der Waals surface area contributed by atoms with E-state index in [9.17, 15) is 28.0 Å². The molecule has 1 saturated heterocycles. The molecule has 3 atom stereocenters. The van der Waals surface area contributed by atoms with Crippen molar-refractivity contribution in [2.75, 3.05) is 11.9 Å².